The van der Waals surface area contributed by atoms with Crippen LogP contribution >= 0.6 is 0 Å². The maximum absolute atomic E-state index is 12.3. The molecule has 103 valence electrons. The molecule has 0 aromatic carbocycles. The van der Waals surface area contributed by atoms with Crippen LogP contribution in [0.2, 0.25) is 0 Å². The molecule has 0 spiro atoms. The van der Waals surface area contributed by atoms with Crippen molar-refractivity contribution in [3.05, 3.63) is 6.92 Å². The molecule has 0 N–H and O–H groups in total. The van der Waals surface area contributed by atoms with Crippen molar-refractivity contribution in [1.82, 2.24) is 4.90 Å². The Labute approximate surface area is 110 Å². The van der Waals surface area contributed by atoms with E-state index in [0.29, 0.717) is 19.4 Å². The van der Waals surface area contributed by atoms with Crippen molar-refractivity contribution >= 4 is 11.9 Å². The SMILES string of the molecule is [CH2]C(=O)N(C)C1(C(=O)OCCCC)CCCCC1. The molecular weight excluding hydrogens is 230 g/mol. The summed E-state index contributed by atoms with van der Waals surface area (Å²) in [5.74, 6) is -0.570. The van der Waals surface area contributed by atoms with E-state index in [4.69, 9.17) is 4.74 Å². The van der Waals surface area contributed by atoms with Crippen LogP contribution in [-0.4, -0.2) is 36.0 Å². The lowest BCUT2D eigenvalue weighted by Gasteiger charge is -2.41. The molecule has 0 bridgehead atoms. The van der Waals surface area contributed by atoms with Crippen molar-refractivity contribution in [2.45, 2.75) is 57.4 Å². The molecule has 4 heteroatoms. The molecule has 1 fully saturated rings. The molecule has 0 saturated heterocycles. The standard InChI is InChI=1S/C14H24NO3/c1-4-5-11-18-13(17)14(15(3)12(2)16)9-7-6-8-10-14/h2,4-11H2,1,3H3. The Kier molecular flexibility index (Phi) is 5.63. The minimum Gasteiger partial charge on any atom is -0.464 e. The summed E-state index contributed by atoms with van der Waals surface area (Å²) < 4.78 is 5.34. The first-order valence-electron chi connectivity index (χ1n) is 6.81. The Morgan fingerprint density at radius 1 is 1.28 bits per heavy atom. The van der Waals surface area contributed by atoms with Gasteiger partial charge in [0, 0.05) is 14.0 Å². The average molecular weight is 254 g/mol. The molecule has 1 rings (SSSR count). The first-order valence-corrected chi connectivity index (χ1v) is 6.81. The van der Waals surface area contributed by atoms with E-state index in [0.717, 1.165) is 32.1 Å². The van der Waals surface area contributed by atoms with Gasteiger partial charge in [0.1, 0.15) is 5.54 Å². The Morgan fingerprint density at radius 3 is 2.39 bits per heavy atom. The van der Waals surface area contributed by atoms with Crippen molar-refractivity contribution in [2.75, 3.05) is 13.7 Å². The predicted molar refractivity (Wildman–Crippen MR) is 69.8 cm³/mol. The third-order valence-corrected chi connectivity index (χ3v) is 3.81. The maximum Gasteiger partial charge on any atom is 0.332 e. The minimum atomic E-state index is -0.773. The number of carbonyl (C=O) groups is 2. The number of esters is 1. The topological polar surface area (TPSA) is 46.6 Å². The molecular formula is C14H24NO3. The van der Waals surface area contributed by atoms with Crippen LogP contribution in [0.4, 0.5) is 0 Å². The van der Waals surface area contributed by atoms with E-state index in [1.54, 1.807) is 7.05 Å². The Balaban J connectivity index is 2.76. The number of likely N-dealkylation sites (N-methyl/N-ethyl adjacent to an activating group) is 1. The maximum atomic E-state index is 12.3. The van der Waals surface area contributed by atoms with Gasteiger partial charge in [0.2, 0.25) is 5.91 Å². The van der Waals surface area contributed by atoms with Gasteiger partial charge in [0.25, 0.3) is 0 Å². The fourth-order valence-corrected chi connectivity index (χ4v) is 2.50. The van der Waals surface area contributed by atoms with Gasteiger partial charge >= 0.3 is 5.97 Å². The summed E-state index contributed by atoms with van der Waals surface area (Å²) in [7, 11) is 1.65. The van der Waals surface area contributed by atoms with E-state index in [1.807, 2.05) is 0 Å². The zero-order chi connectivity index (χ0) is 13.6. The number of hydrogen-bond acceptors (Lipinski definition) is 3. The molecule has 1 amide bonds. The van der Waals surface area contributed by atoms with Gasteiger partial charge in [0.05, 0.1) is 6.61 Å². The first kappa shape index (κ1) is 15.0. The van der Waals surface area contributed by atoms with Gasteiger partial charge in [0.15, 0.2) is 0 Å². The van der Waals surface area contributed by atoms with Crippen molar-refractivity contribution < 1.29 is 14.3 Å². The van der Waals surface area contributed by atoms with E-state index in [9.17, 15) is 9.59 Å². The summed E-state index contributed by atoms with van der Waals surface area (Å²) in [5.41, 5.74) is -0.773. The van der Waals surface area contributed by atoms with Gasteiger partial charge in [-0.3, -0.25) is 4.79 Å². The van der Waals surface area contributed by atoms with Crippen molar-refractivity contribution in [3.63, 3.8) is 0 Å². The number of unbranched alkanes of at least 4 members (excludes halogenated alkanes) is 1. The van der Waals surface area contributed by atoms with Gasteiger partial charge < -0.3 is 9.64 Å². The molecule has 4 nitrogen and oxygen atoms in total. The normalized spacial score (nSPS) is 18.2. The summed E-state index contributed by atoms with van der Waals surface area (Å²) in [6.45, 7) is 5.91. The van der Waals surface area contributed by atoms with Crippen molar-refractivity contribution in [1.29, 1.82) is 0 Å². The summed E-state index contributed by atoms with van der Waals surface area (Å²) in [6, 6.07) is 0. The quantitative estimate of drug-likeness (QED) is 0.559. The Morgan fingerprint density at radius 2 is 1.89 bits per heavy atom. The fourth-order valence-electron chi connectivity index (χ4n) is 2.50. The Bertz CT molecular complexity index is 295. The summed E-state index contributed by atoms with van der Waals surface area (Å²) in [5, 5.41) is 0. The zero-order valence-corrected chi connectivity index (χ0v) is 11.5. The average Bonchev–Trinajstić information content (AvgIpc) is 2.38. The molecule has 1 aliphatic carbocycles. The lowest BCUT2D eigenvalue weighted by Crippen LogP contribution is -2.56. The minimum absolute atomic E-state index is 0.254. The van der Waals surface area contributed by atoms with Crippen LogP contribution in [0.5, 0.6) is 0 Å². The number of amides is 1. The second-order valence-corrected chi connectivity index (χ2v) is 5.03. The third kappa shape index (κ3) is 3.24. The summed E-state index contributed by atoms with van der Waals surface area (Å²) in [6.07, 6.45) is 6.27. The molecule has 1 radical (unpaired) electrons. The van der Waals surface area contributed by atoms with Crippen LogP contribution in [0, 0.1) is 6.92 Å². The van der Waals surface area contributed by atoms with Crippen LogP contribution in [0.25, 0.3) is 0 Å². The van der Waals surface area contributed by atoms with Gasteiger partial charge in [-0.15, -0.1) is 0 Å². The number of rotatable bonds is 5. The lowest BCUT2D eigenvalue weighted by atomic mass is 9.80. The number of nitrogens with zero attached hydrogens (tertiary/aromatic N) is 1. The molecule has 0 heterocycles. The van der Waals surface area contributed by atoms with Gasteiger partial charge in [-0.25, -0.2) is 4.79 Å². The molecule has 0 unspecified atom stereocenters. The highest BCUT2D eigenvalue weighted by atomic mass is 16.5. The van der Waals surface area contributed by atoms with E-state index in [-0.39, 0.29) is 11.9 Å². The molecule has 18 heavy (non-hydrogen) atoms. The predicted octanol–water partition coefficient (Wildman–Crippen LogP) is 2.33. The smallest absolute Gasteiger partial charge is 0.332 e. The van der Waals surface area contributed by atoms with Gasteiger partial charge in [-0.05, 0) is 19.3 Å². The van der Waals surface area contributed by atoms with Crippen LogP contribution < -0.4 is 0 Å². The van der Waals surface area contributed by atoms with Crippen LogP contribution in [0.3, 0.4) is 0 Å². The molecule has 0 aliphatic heterocycles. The van der Waals surface area contributed by atoms with E-state index < -0.39 is 5.54 Å². The van der Waals surface area contributed by atoms with Crippen LogP contribution in [-0.2, 0) is 14.3 Å². The second kappa shape index (κ2) is 6.76. The first-order chi connectivity index (χ1) is 8.54. The molecule has 0 atom stereocenters. The Hall–Kier alpha value is -1.06. The highest BCUT2D eigenvalue weighted by Gasteiger charge is 2.45. The van der Waals surface area contributed by atoms with Crippen LogP contribution in [0.15, 0.2) is 0 Å². The highest BCUT2D eigenvalue weighted by Crippen LogP contribution is 2.34. The number of hydrogen-bond donors (Lipinski definition) is 0. The molecule has 1 aliphatic rings. The largest absolute Gasteiger partial charge is 0.464 e. The third-order valence-electron chi connectivity index (χ3n) is 3.81. The van der Waals surface area contributed by atoms with Gasteiger partial charge in [-0.1, -0.05) is 32.6 Å². The van der Waals surface area contributed by atoms with Gasteiger partial charge in [-0.2, -0.15) is 0 Å². The van der Waals surface area contributed by atoms with Crippen LogP contribution in [0.1, 0.15) is 51.9 Å². The number of ether oxygens (including phenoxy) is 1. The second-order valence-electron chi connectivity index (χ2n) is 5.03. The van der Waals surface area contributed by atoms with E-state index in [2.05, 4.69) is 13.8 Å². The molecule has 0 aromatic heterocycles. The van der Waals surface area contributed by atoms with Crippen molar-refractivity contribution in [3.8, 4) is 0 Å². The monoisotopic (exact) mass is 254 g/mol. The highest BCUT2D eigenvalue weighted by molar-refractivity contribution is 5.89. The van der Waals surface area contributed by atoms with E-state index in [1.165, 1.54) is 4.90 Å². The summed E-state index contributed by atoms with van der Waals surface area (Å²) >= 11 is 0. The molecule has 1 saturated carbocycles. The fraction of sp³-hybridized carbons (Fsp3) is 0.786. The van der Waals surface area contributed by atoms with Crippen molar-refractivity contribution in [2.24, 2.45) is 0 Å². The lowest BCUT2D eigenvalue weighted by molar-refractivity contribution is -0.164. The number of carbonyl (C=O) groups excluding carboxylic acids is 2. The molecule has 0 aromatic rings. The van der Waals surface area contributed by atoms with E-state index >= 15 is 0 Å². The zero-order valence-electron chi connectivity index (χ0n) is 11.5. The summed E-state index contributed by atoms with van der Waals surface area (Å²) in [4.78, 5) is 25.3.